The first kappa shape index (κ1) is 16.4. The maximum atomic E-state index is 11.3. The first-order chi connectivity index (χ1) is 11.0. The number of allylic oxidation sites excluding steroid dienone is 2. The molecule has 1 aliphatic rings. The van der Waals surface area contributed by atoms with Crippen molar-refractivity contribution >= 4 is 17.3 Å². The van der Waals surface area contributed by atoms with Gasteiger partial charge >= 0.3 is 5.69 Å². The molecule has 1 aliphatic heterocycles. The van der Waals surface area contributed by atoms with Crippen molar-refractivity contribution < 1.29 is 9.72 Å². The van der Waals surface area contributed by atoms with Gasteiger partial charge in [0.25, 0.3) is 0 Å². The Hall–Kier alpha value is -2.94. The second-order valence-corrected chi connectivity index (χ2v) is 5.27. The van der Waals surface area contributed by atoms with Gasteiger partial charge in [-0.2, -0.15) is 0 Å². The summed E-state index contributed by atoms with van der Waals surface area (Å²) in [4.78, 5) is 28.0. The molecule has 0 saturated carbocycles. The Morgan fingerprint density at radius 1 is 1.48 bits per heavy atom. The van der Waals surface area contributed by atoms with Crippen LogP contribution in [0.5, 0.6) is 0 Å². The van der Waals surface area contributed by atoms with E-state index in [4.69, 9.17) is 0 Å². The molecule has 1 saturated heterocycles. The second-order valence-electron chi connectivity index (χ2n) is 5.27. The molecule has 0 amide bonds. The third-order valence-electron chi connectivity index (χ3n) is 3.52. The van der Waals surface area contributed by atoms with Gasteiger partial charge < -0.3 is 4.90 Å². The van der Waals surface area contributed by atoms with Crippen LogP contribution >= 0.6 is 0 Å². The van der Waals surface area contributed by atoms with Gasteiger partial charge in [-0.05, 0) is 43.4 Å². The Kier molecular flexibility index (Phi) is 5.26. The summed E-state index contributed by atoms with van der Waals surface area (Å²) < 4.78 is 0. The highest BCUT2D eigenvalue weighted by Crippen LogP contribution is 2.28. The standard InChI is InChI=1S/C17H17N3O3/c1-13(2)16(21)7-3-5-14-8-11-19(12-9-14)17-15(20(22)23)6-4-10-18-17/h4-6,10H,1,8-9,11-12H2,2H3. The van der Waals surface area contributed by atoms with Crippen molar-refractivity contribution in [1.82, 2.24) is 4.98 Å². The summed E-state index contributed by atoms with van der Waals surface area (Å²) in [5, 5.41) is 11.1. The third-order valence-corrected chi connectivity index (χ3v) is 3.52. The molecule has 0 spiro atoms. The number of Topliss-reactive ketones (excluding diaryl/α,β-unsaturated/α-hetero) is 1. The number of nitrogens with zero attached hydrogens (tertiary/aromatic N) is 3. The van der Waals surface area contributed by atoms with Gasteiger partial charge in [0.1, 0.15) is 0 Å². The van der Waals surface area contributed by atoms with Crippen molar-refractivity contribution in [2.24, 2.45) is 0 Å². The number of rotatable bonds is 3. The van der Waals surface area contributed by atoms with Crippen LogP contribution in [0.2, 0.25) is 0 Å². The summed E-state index contributed by atoms with van der Waals surface area (Å²) in [6.45, 7) is 6.45. The highest BCUT2D eigenvalue weighted by Gasteiger charge is 2.23. The molecule has 1 aromatic heterocycles. The summed E-state index contributed by atoms with van der Waals surface area (Å²) in [6, 6.07) is 3.02. The van der Waals surface area contributed by atoms with E-state index in [0.717, 1.165) is 18.4 Å². The molecule has 6 nitrogen and oxygen atoms in total. The lowest BCUT2D eigenvalue weighted by Crippen LogP contribution is -2.31. The van der Waals surface area contributed by atoms with Crippen molar-refractivity contribution in [2.45, 2.75) is 19.8 Å². The van der Waals surface area contributed by atoms with Crippen molar-refractivity contribution in [2.75, 3.05) is 18.0 Å². The lowest BCUT2D eigenvalue weighted by Gasteiger charge is -2.28. The first-order valence-corrected chi connectivity index (χ1v) is 7.22. The van der Waals surface area contributed by atoms with E-state index in [-0.39, 0.29) is 11.5 Å². The topological polar surface area (TPSA) is 76.3 Å². The zero-order valence-electron chi connectivity index (χ0n) is 12.9. The van der Waals surface area contributed by atoms with Gasteiger partial charge in [-0.25, -0.2) is 4.98 Å². The maximum Gasteiger partial charge on any atom is 0.311 e. The number of anilines is 1. The largest absolute Gasteiger partial charge is 0.350 e. The van der Waals surface area contributed by atoms with E-state index < -0.39 is 4.92 Å². The third kappa shape index (κ3) is 4.27. The zero-order valence-corrected chi connectivity index (χ0v) is 12.9. The molecule has 1 fully saturated rings. The Morgan fingerprint density at radius 2 is 2.17 bits per heavy atom. The van der Waals surface area contributed by atoms with Crippen molar-refractivity contribution in [3.63, 3.8) is 0 Å². The normalized spacial score (nSPS) is 13.8. The Morgan fingerprint density at radius 3 is 2.78 bits per heavy atom. The molecule has 6 heteroatoms. The summed E-state index contributed by atoms with van der Waals surface area (Å²) in [5.41, 5.74) is 1.57. The smallest absolute Gasteiger partial charge is 0.311 e. The fourth-order valence-corrected chi connectivity index (χ4v) is 2.24. The molecule has 0 radical (unpaired) electrons. The quantitative estimate of drug-likeness (QED) is 0.282. The van der Waals surface area contributed by atoms with Gasteiger partial charge in [0, 0.05) is 25.4 Å². The number of ketones is 1. The van der Waals surface area contributed by atoms with Crippen LogP contribution in [0.25, 0.3) is 0 Å². The average Bonchev–Trinajstić information content (AvgIpc) is 2.55. The minimum Gasteiger partial charge on any atom is -0.350 e. The maximum absolute atomic E-state index is 11.3. The number of piperidine rings is 1. The predicted molar refractivity (Wildman–Crippen MR) is 88.0 cm³/mol. The molecule has 2 rings (SSSR count). The molecule has 0 N–H and O–H groups in total. The first-order valence-electron chi connectivity index (χ1n) is 7.22. The molecule has 23 heavy (non-hydrogen) atoms. The molecule has 0 bridgehead atoms. The number of hydrogen-bond donors (Lipinski definition) is 0. The highest BCUT2D eigenvalue weighted by molar-refractivity contribution is 6.07. The second kappa shape index (κ2) is 7.36. The van der Waals surface area contributed by atoms with Gasteiger partial charge in [0.05, 0.1) is 4.92 Å². The molecular formula is C17H17N3O3. The number of pyridine rings is 1. The van der Waals surface area contributed by atoms with Crippen LogP contribution in [0, 0.1) is 22.0 Å². The van der Waals surface area contributed by atoms with Gasteiger partial charge in [0.15, 0.2) is 0 Å². The number of carbonyl (C=O) groups excluding carboxylic acids is 1. The Labute approximate surface area is 134 Å². The summed E-state index contributed by atoms with van der Waals surface area (Å²) in [7, 11) is 0. The van der Waals surface area contributed by atoms with Crippen molar-refractivity contribution in [3.05, 3.63) is 52.2 Å². The number of aromatic nitrogens is 1. The van der Waals surface area contributed by atoms with E-state index >= 15 is 0 Å². The van der Waals surface area contributed by atoms with E-state index in [1.807, 2.05) is 4.90 Å². The fourth-order valence-electron chi connectivity index (χ4n) is 2.24. The van der Waals surface area contributed by atoms with E-state index in [2.05, 4.69) is 23.4 Å². The Balaban J connectivity index is 2.03. The SMILES string of the molecule is C=C(C)C(=O)C#CC=C1CCN(c2ncccc2[N+](=O)[O-])CC1. The van der Waals surface area contributed by atoms with Crippen LogP contribution in [0.1, 0.15) is 19.8 Å². The Bertz CT molecular complexity index is 731. The van der Waals surface area contributed by atoms with Crippen LogP contribution in [0.4, 0.5) is 11.5 Å². The number of hydrogen-bond acceptors (Lipinski definition) is 5. The van der Waals surface area contributed by atoms with Crippen LogP contribution in [0.15, 0.2) is 42.1 Å². The zero-order chi connectivity index (χ0) is 16.8. The molecule has 1 aromatic rings. The minimum atomic E-state index is -0.414. The van der Waals surface area contributed by atoms with E-state index in [0.29, 0.717) is 24.5 Å². The van der Waals surface area contributed by atoms with E-state index in [9.17, 15) is 14.9 Å². The molecule has 118 valence electrons. The predicted octanol–water partition coefficient (Wildman–Crippen LogP) is 2.67. The highest BCUT2D eigenvalue weighted by atomic mass is 16.6. The summed E-state index contributed by atoms with van der Waals surface area (Å²) >= 11 is 0. The average molecular weight is 311 g/mol. The van der Waals surface area contributed by atoms with Crippen molar-refractivity contribution in [1.29, 1.82) is 0 Å². The molecule has 2 heterocycles. The van der Waals surface area contributed by atoms with Crippen LogP contribution < -0.4 is 4.90 Å². The lowest BCUT2D eigenvalue weighted by molar-refractivity contribution is -0.384. The van der Waals surface area contributed by atoms with Crippen LogP contribution in [-0.4, -0.2) is 28.8 Å². The summed E-state index contributed by atoms with van der Waals surface area (Å²) in [6.07, 6.45) is 4.79. The van der Waals surface area contributed by atoms with Crippen LogP contribution in [-0.2, 0) is 4.79 Å². The molecule has 0 aromatic carbocycles. The number of nitro groups is 1. The van der Waals surface area contributed by atoms with Crippen molar-refractivity contribution in [3.8, 4) is 11.8 Å². The van der Waals surface area contributed by atoms with Gasteiger partial charge in [0.2, 0.25) is 11.6 Å². The van der Waals surface area contributed by atoms with E-state index in [1.165, 1.54) is 6.07 Å². The minimum absolute atomic E-state index is 0.0202. The van der Waals surface area contributed by atoms with Gasteiger partial charge in [-0.15, -0.1) is 0 Å². The van der Waals surface area contributed by atoms with E-state index in [1.54, 1.807) is 25.3 Å². The molecule has 0 aliphatic carbocycles. The van der Waals surface area contributed by atoms with Gasteiger partial charge in [-0.3, -0.25) is 14.9 Å². The summed E-state index contributed by atoms with van der Waals surface area (Å²) in [5.74, 6) is 5.41. The van der Waals surface area contributed by atoms with Gasteiger partial charge in [-0.1, -0.05) is 18.1 Å². The monoisotopic (exact) mass is 311 g/mol. The molecule has 0 atom stereocenters. The van der Waals surface area contributed by atoms with Crippen LogP contribution in [0.3, 0.4) is 0 Å². The number of carbonyl (C=O) groups is 1. The lowest BCUT2D eigenvalue weighted by atomic mass is 10.0. The molecular weight excluding hydrogens is 294 g/mol. The molecule has 0 unspecified atom stereocenters. The fraction of sp³-hybridized carbons (Fsp3) is 0.294.